The summed E-state index contributed by atoms with van der Waals surface area (Å²) in [5.41, 5.74) is 1.22. The molecular formula is C6H9IN2. The maximum absolute atomic E-state index is 4.12. The van der Waals surface area contributed by atoms with Crippen LogP contribution in [-0.2, 0) is 0 Å². The molecule has 0 amide bonds. The number of aromatic nitrogens is 2. The van der Waals surface area contributed by atoms with Crippen LogP contribution >= 0.6 is 22.6 Å². The summed E-state index contributed by atoms with van der Waals surface area (Å²) < 4.78 is 2.44. The Morgan fingerprint density at radius 3 is 2.67 bits per heavy atom. The minimum Gasteiger partial charge on any atom is -0.257 e. The molecule has 0 aliphatic carbocycles. The third-order valence-corrected chi connectivity index (χ3v) is 1.73. The smallest absolute Gasteiger partial charge is 0.100 e. The quantitative estimate of drug-likeness (QED) is 0.539. The van der Waals surface area contributed by atoms with Crippen LogP contribution in [0, 0.1) is 6.92 Å². The molecule has 1 heterocycles. The summed E-state index contributed by atoms with van der Waals surface area (Å²) in [6.45, 7) is 4.17. The van der Waals surface area contributed by atoms with Gasteiger partial charge >= 0.3 is 0 Å². The van der Waals surface area contributed by atoms with E-state index in [2.05, 4.69) is 41.5 Å². The Bertz CT molecular complexity index is 193. The van der Waals surface area contributed by atoms with Crippen LogP contribution in [-0.4, -0.2) is 9.78 Å². The molecule has 0 fully saturated rings. The van der Waals surface area contributed by atoms with Crippen molar-refractivity contribution in [1.82, 2.24) is 9.78 Å². The van der Waals surface area contributed by atoms with Gasteiger partial charge in [-0.2, -0.15) is 5.10 Å². The Balaban J connectivity index is 2.94. The van der Waals surface area contributed by atoms with E-state index in [1.165, 1.54) is 5.69 Å². The standard InChI is InChI=1S/C6H9IN2/c1-5-3-4-8-9(5)6(2)7/h3-4,6H,1-2H3. The summed E-state index contributed by atoms with van der Waals surface area (Å²) in [6.07, 6.45) is 1.82. The van der Waals surface area contributed by atoms with Crippen molar-refractivity contribution in [2.75, 3.05) is 0 Å². The number of hydrogen-bond donors (Lipinski definition) is 0. The molecule has 1 aromatic rings. The number of aryl methyl sites for hydroxylation is 1. The van der Waals surface area contributed by atoms with Gasteiger partial charge < -0.3 is 0 Å². The van der Waals surface area contributed by atoms with Crippen LogP contribution in [0.4, 0.5) is 0 Å². The molecule has 0 N–H and O–H groups in total. The molecular weight excluding hydrogens is 227 g/mol. The minimum atomic E-state index is 0.456. The van der Waals surface area contributed by atoms with Crippen molar-refractivity contribution in [3.8, 4) is 0 Å². The topological polar surface area (TPSA) is 17.8 Å². The van der Waals surface area contributed by atoms with E-state index in [9.17, 15) is 0 Å². The first-order valence-electron chi connectivity index (χ1n) is 2.86. The maximum atomic E-state index is 4.12. The van der Waals surface area contributed by atoms with Crippen LogP contribution in [0.1, 0.15) is 16.7 Å². The predicted molar refractivity (Wildman–Crippen MR) is 45.7 cm³/mol. The van der Waals surface area contributed by atoms with Crippen LogP contribution in [0.2, 0.25) is 0 Å². The third kappa shape index (κ3) is 1.44. The number of alkyl halides is 1. The second-order valence-electron chi connectivity index (χ2n) is 1.99. The molecule has 3 heteroatoms. The highest BCUT2D eigenvalue weighted by atomic mass is 127. The molecule has 2 nitrogen and oxygen atoms in total. The fourth-order valence-corrected chi connectivity index (χ4v) is 1.34. The zero-order chi connectivity index (χ0) is 6.85. The average Bonchev–Trinajstić information content (AvgIpc) is 2.13. The van der Waals surface area contributed by atoms with Gasteiger partial charge in [0.05, 0.1) is 0 Å². The number of halogens is 1. The van der Waals surface area contributed by atoms with Crippen molar-refractivity contribution in [2.24, 2.45) is 0 Å². The average molecular weight is 236 g/mol. The van der Waals surface area contributed by atoms with E-state index in [0.717, 1.165) is 0 Å². The van der Waals surface area contributed by atoms with Crippen molar-refractivity contribution in [2.45, 2.75) is 17.9 Å². The number of nitrogens with zero attached hydrogens (tertiary/aromatic N) is 2. The molecule has 0 bridgehead atoms. The number of hydrogen-bond acceptors (Lipinski definition) is 1. The molecule has 0 spiro atoms. The summed E-state index contributed by atoms with van der Waals surface area (Å²) in [4.78, 5) is 0. The van der Waals surface area contributed by atoms with Crippen LogP contribution in [0.15, 0.2) is 12.3 Å². The molecule has 1 aromatic heterocycles. The molecule has 50 valence electrons. The summed E-state index contributed by atoms with van der Waals surface area (Å²) >= 11 is 2.33. The summed E-state index contributed by atoms with van der Waals surface area (Å²) in [6, 6.07) is 2.01. The molecule has 0 saturated carbocycles. The van der Waals surface area contributed by atoms with Gasteiger partial charge in [-0.15, -0.1) is 0 Å². The van der Waals surface area contributed by atoms with Crippen LogP contribution < -0.4 is 0 Å². The van der Waals surface area contributed by atoms with E-state index in [-0.39, 0.29) is 0 Å². The maximum Gasteiger partial charge on any atom is 0.100 e. The monoisotopic (exact) mass is 236 g/mol. The Morgan fingerprint density at radius 2 is 2.44 bits per heavy atom. The molecule has 0 radical (unpaired) electrons. The highest BCUT2D eigenvalue weighted by molar-refractivity contribution is 14.1. The first kappa shape index (κ1) is 7.05. The fourth-order valence-electron chi connectivity index (χ4n) is 0.753. The first-order chi connectivity index (χ1) is 4.22. The third-order valence-electron chi connectivity index (χ3n) is 1.21. The summed E-state index contributed by atoms with van der Waals surface area (Å²) in [7, 11) is 0. The van der Waals surface area contributed by atoms with E-state index in [1.807, 2.05) is 16.9 Å². The lowest BCUT2D eigenvalue weighted by atomic mass is 10.5. The van der Waals surface area contributed by atoms with Crippen molar-refractivity contribution in [1.29, 1.82) is 0 Å². The summed E-state index contributed by atoms with van der Waals surface area (Å²) in [5, 5.41) is 4.12. The van der Waals surface area contributed by atoms with Gasteiger partial charge in [-0.3, -0.25) is 4.68 Å². The van der Waals surface area contributed by atoms with Crippen molar-refractivity contribution >= 4 is 22.6 Å². The van der Waals surface area contributed by atoms with Gasteiger partial charge in [-0.25, -0.2) is 0 Å². The largest absolute Gasteiger partial charge is 0.257 e. The Kier molecular flexibility index (Phi) is 2.10. The van der Waals surface area contributed by atoms with Crippen molar-refractivity contribution in [3.05, 3.63) is 18.0 Å². The van der Waals surface area contributed by atoms with Gasteiger partial charge in [0.1, 0.15) is 4.05 Å². The lowest BCUT2D eigenvalue weighted by Gasteiger charge is -2.04. The van der Waals surface area contributed by atoms with E-state index in [0.29, 0.717) is 4.05 Å². The predicted octanol–water partition coefficient (Wildman–Crippen LogP) is 2.15. The molecule has 1 rings (SSSR count). The highest BCUT2D eigenvalue weighted by Crippen LogP contribution is 2.14. The van der Waals surface area contributed by atoms with Gasteiger partial charge in [0, 0.05) is 11.9 Å². The molecule has 1 unspecified atom stereocenters. The number of rotatable bonds is 1. The van der Waals surface area contributed by atoms with Crippen molar-refractivity contribution in [3.63, 3.8) is 0 Å². The van der Waals surface area contributed by atoms with Gasteiger partial charge in [0.15, 0.2) is 0 Å². The van der Waals surface area contributed by atoms with Gasteiger partial charge in [0.2, 0.25) is 0 Å². The fraction of sp³-hybridized carbons (Fsp3) is 0.500. The van der Waals surface area contributed by atoms with E-state index in [4.69, 9.17) is 0 Å². The van der Waals surface area contributed by atoms with E-state index < -0.39 is 0 Å². The Morgan fingerprint density at radius 1 is 1.78 bits per heavy atom. The SMILES string of the molecule is Cc1ccnn1C(C)I. The van der Waals surface area contributed by atoms with Crippen molar-refractivity contribution < 1.29 is 0 Å². The van der Waals surface area contributed by atoms with Crippen LogP contribution in [0.25, 0.3) is 0 Å². The van der Waals surface area contributed by atoms with Crippen LogP contribution in [0.3, 0.4) is 0 Å². The first-order valence-corrected chi connectivity index (χ1v) is 4.10. The van der Waals surface area contributed by atoms with Gasteiger partial charge in [-0.05, 0) is 19.9 Å². The zero-order valence-electron chi connectivity index (χ0n) is 5.50. The van der Waals surface area contributed by atoms with E-state index in [1.54, 1.807) is 0 Å². The van der Waals surface area contributed by atoms with Gasteiger partial charge in [-0.1, -0.05) is 22.6 Å². The molecule has 1 atom stereocenters. The molecule has 0 saturated heterocycles. The van der Waals surface area contributed by atoms with Crippen LogP contribution in [0.5, 0.6) is 0 Å². The second kappa shape index (κ2) is 2.68. The lowest BCUT2D eigenvalue weighted by Crippen LogP contribution is -2.00. The molecule has 0 aromatic carbocycles. The zero-order valence-corrected chi connectivity index (χ0v) is 7.66. The second-order valence-corrected chi connectivity index (χ2v) is 3.79. The highest BCUT2D eigenvalue weighted by Gasteiger charge is 2.00. The molecule has 0 aliphatic rings. The van der Waals surface area contributed by atoms with Gasteiger partial charge in [0.25, 0.3) is 0 Å². The normalized spacial score (nSPS) is 13.7. The molecule has 9 heavy (non-hydrogen) atoms. The molecule has 0 aliphatic heterocycles. The summed E-state index contributed by atoms with van der Waals surface area (Å²) in [5.74, 6) is 0. The lowest BCUT2D eigenvalue weighted by molar-refractivity contribution is 0.644. The minimum absolute atomic E-state index is 0.456. The van der Waals surface area contributed by atoms with E-state index >= 15 is 0 Å². The Labute approximate surface area is 68.4 Å². The Hall–Kier alpha value is -0.0600.